The fraction of sp³-hybridized carbons (Fsp3) is 0.944. The summed E-state index contributed by atoms with van der Waals surface area (Å²) in [5, 5.41) is 29.0. The molecule has 5 N–H and O–H groups in total. The molecule has 0 amide bonds. The van der Waals surface area contributed by atoms with Gasteiger partial charge in [0.05, 0.1) is 12.2 Å². The van der Waals surface area contributed by atoms with Crippen molar-refractivity contribution in [3.05, 3.63) is 0 Å². The average Bonchev–Trinajstić information content (AvgIpc) is 2.52. The molecule has 24 heavy (non-hydrogen) atoms. The van der Waals surface area contributed by atoms with Crippen molar-refractivity contribution in [3.8, 4) is 0 Å². The molecule has 0 aromatic rings. The summed E-state index contributed by atoms with van der Waals surface area (Å²) in [4.78, 5) is 13.4. The third-order valence-corrected chi connectivity index (χ3v) is 4.60. The summed E-state index contributed by atoms with van der Waals surface area (Å²) in [5.74, 6) is -1.03. The normalized spacial score (nSPS) is 16.8. The molecular formula is C18H38N2O4. The summed E-state index contributed by atoms with van der Waals surface area (Å²) in [6.07, 6.45) is 6.85. The Balaban J connectivity index is 4.62. The molecule has 0 heterocycles. The summed E-state index contributed by atoms with van der Waals surface area (Å²) in [5.41, 5.74) is 5.43. The number of nitrogens with two attached hydrogens (primary N) is 1. The van der Waals surface area contributed by atoms with E-state index < -0.39 is 24.2 Å². The summed E-state index contributed by atoms with van der Waals surface area (Å²) in [6.45, 7) is 6.27. The van der Waals surface area contributed by atoms with Gasteiger partial charge in [0.15, 0.2) is 0 Å². The minimum atomic E-state index is -1.03. The molecule has 4 unspecified atom stereocenters. The largest absolute Gasteiger partial charge is 0.480 e. The van der Waals surface area contributed by atoms with Crippen LogP contribution in [0, 0.1) is 0 Å². The summed E-state index contributed by atoms with van der Waals surface area (Å²) in [7, 11) is 0. The Kier molecular flexibility index (Phi) is 13.2. The first-order chi connectivity index (χ1) is 11.3. The van der Waals surface area contributed by atoms with E-state index in [0.717, 1.165) is 19.3 Å². The second kappa shape index (κ2) is 13.6. The number of nitrogens with zero attached hydrogens (tertiary/aromatic N) is 1. The van der Waals surface area contributed by atoms with Crippen LogP contribution in [0.2, 0.25) is 0 Å². The van der Waals surface area contributed by atoms with Gasteiger partial charge < -0.3 is 21.1 Å². The van der Waals surface area contributed by atoms with Crippen LogP contribution in [-0.2, 0) is 4.79 Å². The Morgan fingerprint density at radius 3 is 2.12 bits per heavy atom. The molecule has 0 aliphatic heterocycles. The van der Waals surface area contributed by atoms with Crippen LogP contribution in [0.15, 0.2) is 0 Å². The standard InChI is InChI=1S/C18H38N2O4/c1-4-5-6-7-8-9-10-14(2)20(12-11-16(22)13-19)17(15(3)21)18(23)24/h14-17,21-22H,4-13,19H2,1-3H3,(H,23,24). The van der Waals surface area contributed by atoms with Crippen LogP contribution >= 0.6 is 0 Å². The molecule has 0 rings (SSSR count). The third kappa shape index (κ3) is 9.57. The van der Waals surface area contributed by atoms with Gasteiger partial charge in [0.1, 0.15) is 6.04 Å². The number of carbonyl (C=O) groups is 1. The molecule has 0 radical (unpaired) electrons. The molecule has 0 aromatic carbocycles. The van der Waals surface area contributed by atoms with Gasteiger partial charge in [-0.2, -0.15) is 0 Å². The lowest BCUT2D eigenvalue weighted by Crippen LogP contribution is -2.52. The number of aliphatic hydroxyl groups excluding tert-OH is 2. The van der Waals surface area contributed by atoms with Crippen molar-refractivity contribution in [2.24, 2.45) is 5.73 Å². The molecule has 0 saturated carbocycles. The van der Waals surface area contributed by atoms with Crippen molar-refractivity contribution in [3.63, 3.8) is 0 Å². The highest BCUT2D eigenvalue weighted by Crippen LogP contribution is 2.18. The summed E-state index contributed by atoms with van der Waals surface area (Å²) in [6, 6.07) is -0.915. The van der Waals surface area contributed by atoms with Crippen molar-refractivity contribution in [1.29, 1.82) is 0 Å². The first-order valence-corrected chi connectivity index (χ1v) is 9.39. The SMILES string of the molecule is CCCCCCCCC(C)N(CCC(O)CN)C(C(=O)O)C(C)O. The number of hydrogen-bond donors (Lipinski definition) is 4. The Bertz CT molecular complexity index is 326. The molecule has 0 spiro atoms. The molecule has 0 aromatic heterocycles. The molecule has 0 fully saturated rings. The van der Waals surface area contributed by atoms with Gasteiger partial charge in [0.25, 0.3) is 0 Å². The highest BCUT2D eigenvalue weighted by Gasteiger charge is 2.33. The third-order valence-electron chi connectivity index (χ3n) is 4.60. The summed E-state index contributed by atoms with van der Waals surface area (Å²) >= 11 is 0. The lowest BCUT2D eigenvalue weighted by atomic mass is 10.0. The highest BCUT2D eigenvalue weighted by atomic mass is 16.4. The molecule has 0 aliphatic carbocycles. The highest BCUT2D eigenvalue weighted by molar-refractivity contribution is 5.74. The van der Waals surface area contributed by atoms with E-state index in [-0.39, 0.29) is 12.6 Å². The van der Waals surface area contributed by atoms with E-state index >= 15 is 0 Å². The van der Waals surface area contributed by atoms with Crippen LogP contribution in [0.1, 0.15) is 72.1 Å². The maximum absolute atomic E-state index is 11.6. The first-order valence-electron chi connectivity index (χ1n) is 9.39. The number of rotatable bonds is 15. The number of aliphatic carboxylic acids is 1. The number of aliphatic hydroxyl groups is 2. The topological polar surface area (TPSA) is 107 Å². The van der Waals surface area contributed by atoms with E-state index in [2.05, 4.69) is 6.92 Å². The van der Waals surface area contributed by atoms with E-state index in [1.165, 1.54) is 32.6 Å². The minimum absolute atomic E-state index is 0.0387. The van der Waals surface area contributed by atoms with Crippen molar-refractivity contribution in [2.45, 2.75) is 96.4 Å². The number of unbranched alkanes of at least 4 members (excludes halogenated alkanes) is 5. The van der Waals surface area contributed by atoms with Gasteiger partial charge in [0.2, 0.25) is 0 Å². The Morgan fingerprint density at radius 1 is 1.04 bits per heavy atom. The molecule has 144 valence electrons. The zero-order chi connectivity index (χ0) is 18.5. The zero-order valence-corrected chi connectivity index (χ0v) is 15.7. The van der Waals surface area contributed by atoms with Gasteiger partial charge in [0, 0.05) is 19.1 Å². The Labute approximate surface area is 147 Å². The van der Waals surface area contributed by atoms with Crippen LogP contribution in [-0.4, -0.2) is 63.6 Å². The smallest absolute Gasteiger partial charge is 0.323 e. The van der Waals surface area contributed by atoms with Crippen LogP contribution in [0.4, 0.5) is 0 Å². The van der Waals surface area contributed by atoms with Gasteiger partial charge in [-0.3, -0.25) is 9.69 Å². The average molecular weight is 347 g/mol. The fourth-order valence-corrected chi connectivity index (χ4v) is 3.06. The van der Waals surface area contributed by atoms with E-state index in [1.54, 1.807) is 4.90 Å². The van der Waals surface area contributed by atoms with E-state index in [0.29, 0.717) is 13.0 Å². The van der Waals surface area contributed by atoms with Gasteiger partial charge in [-0.05, 0) is 26.7 Å². The van der Waals surface area contributed by atoms with Crippen LogP contribution in [0.5, 0.6) is 0 Å². The number of hydrogen-bond acceptors (Lipinski definition) is 5. The maximum atomic E-state index is 11.6. The number of carboxylic acids is 1. The Morgan fingerprint density at radius 2 is 1.62 bits per heavy atom. The van der Waals surface area contributed by atoms with Crippen LogP contribution in [0.3, 0.4) is 0 Å². The molecule has 0 bridgehead atoms. The van der Waals surface area contributed by atoms with Gasteiger partial charge in [-0.25, -0.2) is 0 Å². The van der Waals surface area contributed by atoms with Crippen molar-refractivity contribution in [2.75, 3.05) is 13.1 Å². The monoisotopic (exact) mass is 346 g/mol. The number of carboxylic acid groups (broad SMARTS) is 1. The molecular weight excluding hydrogens is 308 g/mol. The van der Waals surface area contributed by atoms with Crippen LogP contribution < -0.4 is 5.73 Å². The van der Waals surface area contributed by atoms with E-state index in [1.807, 2.05) is 6.92 Å². The maximum Gasteiger partial charge on any atom is 0.323 e. The van der Waals surface area contributed by atoms with Gasteiger partial charge in [-0.15, -0.1) is 0 Å². The molecule has 0 aliphatic rings. The second-order valence-corrected chi connectivity index (χ2v) is 6.85. The Hall–Kier alpha value is -0.690. The predicted octanol–water partition coefficient (Wildman–Crippen LogP) is 1.97. The van der Waals surface area contributed by atoms with Crippen molar-refractivity contribution in [1.82, 2.24) is 4.90 Å². The zero-order valence-electron chi connectivity index (χ0n) is 15.7. The van der Waals surface area contributed by atoms with Crippen LogP contribution in [0.25, 0.3) is 0 Å². The molecule has 0 saturated heterocycles. The molecule has 6 nitrogen and oxygen atoms in total. The van der Waals surface area contributed by atoms with Crippen molar-refractivity contribution >= 4 is 5.97 Å². The second-order valence-electron chi connectivity index (χ2n) is 6.85. The summed E-state index contributed by atoms with van der Waals surface area (Å²) < 4.78 is 0. The van der Waals surface area contributed by atoms with Gasteiger partial charge in [-0.1, -0.05) is 45.4 Å². The molecule has 6 heteroatoms. The first kappa shape index (κ1) is 23.3. The van der Waals surface area contributed by atoms with Crippen molar-refractivity contribution < 1.29 is 20.1 Å². The predicted molar refractivity (Wildman–Crippen MR) is 96.9 cm³/mol. The minimum Gasteiger partial charge on any atom is -0.480 e. The fourth-order valence-electron chi connectivity index (χ4n) is 3.06. The van der Waals surface area contributed by atoms with E-state index in [9.17, 15) is 20.1 Å². The lowest BCUT2D eigenvalue weighted by Gasteiger charge is -2.36. The van der Waals surface area contributed by atoms with Gasteiger partial charge >= 0.3 is 5.97 Å². The lowest BCUT2D eigenvalue weighted by molar-refractivity contribution is -0.149. The van der Waals surface area contributed by atoms with E-state index in [4.69, 9.17) is 5.73 Å². The molecule has 4 atom stereocenters. The quantitative estimate of drug-likeness (QED) is 0.338.